The van der Waals surface area contributed by atoms with Crippen LogP contribution < -0.4 is 0 Å². The SMILES string of the molecule is OCC(COCC(CO)C(Cl)(Cl)Cl)C(Cl)(Cl)Cl. The zero-order valence-electron chi connectivity index (χ0n) is 8.55. The normalized spacial score (nSPS) is 16.9. The highest BCUT2D eigenvalue weighted by atomic mass is 35.6. The van der Waals surface area contributed by atoms with Crippen LogP contribution in [-0.2, 0) is 4.74 Å². The highest BCUT2D eigenvalue weighted by Crippen LogP contribution is 2.37. The van der Waals surface area contributed by atoms with Crippen molar-refractivity contribution in [1.29, 1.82) is 0 Å². The second kappa shape index (κ2) is 8.03. The smallest absolute Gasteiger partial charge is 0.197 e. The van der Waals surface area contributed by atoms with Gasteiger partial charge < -0.3 is 14.9 Å². The topological polar surface area (TPSA) is 49.7 Å². The number of aliphatic hydroxyl groups is 2. The zero-order valence-corrected chi connectivity index (χ0v) is 13.1. The number of hydrogen-bond acceptors (Lipinski definition) is 3. The second-order valence-electron chi connectivity index (χ2n) is 3.38. The van der Waals surface area contributed by atoms with Gasteiger partial charge in [-0.3, -0.25) is 0 Å². The van der Waals surface area contributed by atoms with Gasteiger partial charge in [-0.05, 0) is 0 Å². The zero-order chi connectivity index (χ0) is 13.7. The number of halogens is 6. The van der Waals surface area contributed by atoms with Crippen molar-refractivity contribution in [2.75, 3.05) is 26.4 Å². The van der Waals surface area contributed by atoms with Crippen LogP contribution in [0.1, 0.15) is 0 Å². The van der Waals surface area contributed by atoms with Crippen LogP contribution in [0.25, 0.3) is 0 Å². The van der Waals surface area contributed by atoms with Gasteiger partial charge >= 0.3 is 0 Å². The minimum Gasteiger partial charge on any atom is -0.396 e. The fourth-order valence-corrected chi connectivity index (χ4v) is 1.65. The summed E-state index contributed by atoms with van der Waals surface area (Å²) in [4.78, 5) is 0. The molecule has 2 N–H and O–H groups in total. The Labute approximate surface area is 130 Å². The molecule has 0 spiro atoms. The number of hydrogen-bond donors (Lipinski definition) is 2. The molecule has 0 aliphatic carbocycles. The van der Waals surface area contributed by atoms with Crippen molar-refractivity contribution in [2.45, 2.75) is 7.59 Å². The Hall–Kier alpha value is 1.62. The largest absolute Gasteiger partial charge is 0.396 e. The molecule has 0 aromatic rings. The summed E-state index contributed by atoms with van der Waals surface area (Å²) >= 11 is 33.6. The van der Waals surface area contributed by atoms with Crippen molar-refractivity contribution < 1.29 is 14.9 Å². The van der Waals surface area contributed by atoms with Crippen LogP contribution in [0.3, 0.4) is 0 Å². The summed E-state index contributed by atoms with van der Waals surface area (Å²) < 4.78 is 1.90. The van der Waals surface area contributed by atoms with Gasteiger partial charge in [0.25, 0.3) is 0 Å². The van der Waals surface area contributed by atoms with Crippen LogP contribution in [0.5, 0.6) is 0 Å². The van der Waals surface area contributed by atoms with E-state index in [0.717, 1.165) is 0 Å². The van der Waals surface area contributed by atoms with E-state index >= 15 is 0 Å². The molecule has 0 aliphatic heterocycles. The lowest BCUT2D eigenvalue weighted by atomic mass is 10.2. The maximum Gasteiger partial charge on any atom is 0.197 e. The molecular formula is C8H12Cl6O3. The average molecular weight is 369 g/mol. The molecule has 3 nitrogen and oxygen atoms in total. The fraction of sp³-hybridized carbons (Fsp3) is 1.00. The Bertz CT molecular complexity index is 192. The maximum atomic E-state index is 8.98. The van der Waals surface area contributed by atoms with E-state index in [1.54, 1.807) is 0 Å². The lowest BCUT2D eigenvalue weighted by molar-refractivity contribution is 0.0390. The van der Waals surface area contributed by atoms with Crippen molar-refractivity contribution in [3.63, 3.8) is 0 Å². The Balaban J connectivity index is 4.13. The predicted octanol–water partition coefficient (Wildman–Crippen LogP) is 2.96. The molecule has 0 aromatic heterocycles. The van der Waals surface area contributed by atoms with Crippen molar-refractivity contribution in [3.05, 3.63) is 0 Å². The first-order valence-electron chi connectivity index (χ1n) is 4.55. The summed E-state index contributed by atoms with van der Waals surface area (Å²) in [5.74, 6) is -1.38. The van der Waals surface area contributed by atoms with Gasteiger partial charge in [-0.15, -0.1) is 0 Å². The van der Waals surface area contributed by atoms with Crippen molar-refractivity contribution in [3.8, 4) is 0 Å². The first-order chi connectivity index (χ1) is 7.62. The van der Waals surface area contributed by atoms with Gasteiger partial charge in [0.2, 0.25) is 0 Å². The monoisotopic (exact) mass is 366 g/mol. The standard InChI is InChI=1S/C8H12Cl6O3/c9-7(10,11)5(1-15)3-17-4-6(2-16)8(12,13)14/h5-6,15-16H,1-4H2. The molecule has 0 heterocycles. The minimum absolute atomic E-state index is 0.0236. The average Bonchev–Trinajstić information content (AvgIpc) is 2.13. The summed E-state index contributed by atoms with van der Waals surface area (Å²) in [7, 11) is 0. The molecule has 0 saturated carbocycles. The highest BCUT2D eigenvalue weighted by molar-refractivity contribution is 6.68. The van der Waals surface area contributed by atoms with E-state index in [1.165, 1.54) is 0 Å². The third-order valence-corrected chi connectivity index (χ3v) is 3.86. The molecule has 0 amide bonds. The molecule has 0 radical (unpaired) electrons. The quantitative estimate of drug-likeness (QED) is 0.709. The Kier molecular flexibility index (Phi) is 8.79. The summed E-state index contributed by atoms with van der Waals surface area (Å²) in [6, 6.07) is 0. The predicted molar refractivity (Wildman–Crippen MR) is 72.6 cm³/mol. The van der Waals surface area contributed by atoms with Gasteiger partial charge in [-0.1, -0.05) is 69.6 Å². The molecule has 2 atom stereocenters. The van der Waals surface area contributed by atoms with Crippen LogP contribution in [0.15, 0.2) is 0 Å². The van der Waals surface area contributed by atoms with E-state index in [1.807, 2.05) is 0 Å². The number of ether oxygens (including phenoxy) is 1. The number of rotatable bonds is 6. The molecule has 17 heavy (non-hydrogen) atoms. The first-order valence-corrected chi connectivity index (χ1v) is 6.82. The minimum atomic E-state index is -1.64. The molecule has 0 saturated heterocycles. The van der Waals surface area contributed by atoms with E-state index in [0.29, 0.717) is 0 Å². The van der Waals surface area contributed by atoms with Crippen molar-refractivity contribution in [1.82, 2.24) is 0 Å². The van der Waals surface area contributed by atoms with Crippen molar-refractivity contribution in [2.24, 2.45) is 11.8 Å². The lowest BCUT2D eigenvalue weighted by Crippen LogP contribution is -2.32. The summed E-state index contributed by atoms with van der Waals surface area (Å²) in [5, 5.41) is 18.0. The summed E-state index contributed by atoms with van der Waals surface area (Å²) in [6.07, 6.45) is 0. The highest BCUT2D eigenvalue weighted by Gasteiger charge is 2.35. The van der Waals surface area contributed by atoms with E-state index in [4.69, 9.17) is 84.6 Å². The van der Waals surface area contributed by atoms with Crippen LogP contribution in [0.4, 0.5) is 0 Å². The Morgan fingerprint density at radius 1 is 0.765 bits per heavy atom. The Morgan fingerprint density at radius 3 is 1.24 bits per heavy atom. The van der Waals surface area contributed by atoms with Crippen molar-refractivity contribution >= 4 is 69.6 Å². The van der Waals surface area contributed by atoms with Crippen LogP contribution in [0.2, 0.25) is 0 Å². The second-order valence-corrected chi connectivity index (χ2v) is 8.12. The van der Waals surface area contributed by atoms with Gasteiger partial charge in [0.05, 0.1) is 38.3 Å². The molecule has 2 unspecified atom stereocenters. The molecule has 9 heteroatoms. The summed E-state index contributed by atoms with van der Waals surface area (Å²) in [5.41, 5.74) is 0. The fourth-order valence-electron chi connectivity index (χ4n) is 0.854. The van der Waals surface area contributed by atoms with Crippen LogP contribution >= 0.6 is 69.6 Å². The third-order valence-electron chi connectivity index (χ3n) is 2.00. The Morgan fingerprint density at radius 2 is 1.06 bits per heavy atom. The summed E-state index contributed by atoms with van der Waals surface area (Å²) in [6.45, 7) is -0.753. The van der Waals surface area contributed by atoms with Crippen LogP contribution in [0, 0.1) is 11.8 Å². The van der Waals surface area contributed by atoms with E-state index in [-0.39, 0.29) is 26.4 Å². The van der Waals surface area contributed by atoms with E-state index in [2.05, 4.69) is 0 Å². The van der Waals surface area contributed by atoms with Gasteiger partial charge in [-0.25, -0.2) is 0 Å². The molecule has 0 fully saturated rings. The van der Waals surface area contributed by atoms with Gasteiger partial charge in [-0.2, -0.15) is 0 Å². The first kappa shape index (κ1) is 18.6. The molecule has 0 rings (SSSR count). The van der Waals surface area contributed by atoms with E-state index < -0.39 is 19.4 Å². The molecule has 104 valence electrons. The number of alkyl halides is 6. The molecule has 0 aliphatic rings. The van der Waals surface area contributed by atoms with E-state index in [9.17, 15) is 0 Å². The van der Waals surface area contributed by atoms with Gasteiger partial charge in [0.15, 0.2) is 7.59 Å². The molecular weight excluding hydrogens is 357 g/mol. The van der Waals surface area contributed by atoms with Gasteiger partial charge in [0.1, 0.15) is 0 Å². The number of aliphatic hydroxyl groups excluding tert-OH is 2. The van der Waals surface area contributed by atoms with Gasteiger partial charge in [0, 0.05) is 0 Å². The van der Waals surface area contributed by atoms with Crippen LogP contribution in [-0.4, -0.2) is 44.2 Å². The molecule has 0 aromatic carbocycles. The lowest BCUT2D eigenvalue weighted by Gasteiger charge is -2.25. The third kappa shape index (κ3) is 7.71. The maximum absolute atomic E-state index is 8.98. The molecule has 0 bridgehead atoms.